The molecule has 190 valence electrons. The van der Waals surface area contributed by atoms with Crippen LogP contribution in [0.5, 0.6) is 0 Å². The summed E-state index contributed by atoms with van der Waals surface area (Å²) in [5, 5.41) is 0. The minimum Gasteiger partial charge on any atom is -0.0587 e. The molecule has 0 aliphatic rings. The first-order chi connectivity index (χ1) is 18.1. The first-order valence-electron chi connectivity index (χ1n) is 13.6. The minimum atomic E-state index is 1.29. The second-order valence-corrected chi connectivity index (χ2v) is 11.2. The summed E-state index contributed by atoms with van der Waals surface area (Å²) in [6, 6.07) is 32.3. The summed E-state index contributed by atoms with van der Waals surface area (Å²) in [6.07, 6.45) is 0. The topological polar surface area (TPSA) is 0 Å². The van der Waals surface area contributed by atoms with Gasteiger partial charge in [0.05, 0.1) is 0 Å². The maximum atomic E-state index is 2.46. The third-order valence-corrected chi connectivity index (χ3v) is 7.85. The smallest absolute Gasteiger partial charge is 0.00960 e. The highest BCUT2D eigenvalue weighted by Gasteiger charge is 2.20. The molecular weight excluding hydrogens is 456 g/mol. The van der Waals surface area contributed by atoms with Gasteiger partial charge in [-0.3, -0.25) is 0 Å². The fraction of sp³-hybridized carbons (Fsp3) is 0.211. The molecule has 0 aromatic heterocycles. The Morgan fingerprint density at radius 2 is 0.447 bits per heavy atom. The van der Waals surface area contributed by atoms with E-state index in [4.69, 9.17) is 0 Å². The molecular formula is C38H38. The quantitative estimate of drug-likeness (QED) is 0.233. The monoisotopic (exact) mass is 494 g/mol. The van der Waals surface area contributed by atoms with Crippen molar-refractivity contribution in [3.8, 4) is 44.5 Å². The SMILES string of the molecule is Cc1ccc(-c2cc(-c3ccc(C)cc3C)c(-c3ccc(C)cc3C)cc2-c2ccc(C)cc2C)c(C)c1. The molecule has 0 bridgehead atoms. The molecule has 0 heteroatoms. The van der Waals surface area contributed by atoms with Gasteiger partial charge < -0.3 is 0 Å². The summed E-state index contributed by atoms with van der Waals surface area (Å²) in [6.45, 7) is 17.6. The highest BCUT2D eigenvalue weighted by molar-refractivity contribution is 5.97. The molecule has 0 unspecified atom stereocenters. The van der Waals surface area contributed by atoms with Crippen molar-refractivity contribution >= 4 is 0 Å². The summed E-state index contributed by atoms with van der Waals surface area (Å²) in [5.41, 5.74) is 20.7. The van der Waals surface area contributed by atoms with Gasteiger partial charge in [0.15, 0.2) is 0 Å². The van der Waals surface area contributed by atoms with Crippen LogP contribution >= 0.6 is 0 Å². The van der Waals surface area contributed by atoms with Crippen molar-refractivity contribution < 1.29 is 0 Å². The third-order valence-electron chi connectivity index (χ3n) is 7.85. The van der Waals surface area contributed by atoms with Crippen LogP contribution in [0.15, 0.2) is 84.9 Å². The number of aryl methyl sites for hydroxylation is 8. The fourth-order valence-corrected chi connectivity index (χ4v) is 5.95. The lowest BCUT2D eigenvalue weighted by Crippen LogP contribution is -1.97. The standard InChI is InChI=1S/C38H38/c1-23-9-13-31(27(5)17-23)35-21-37(33-15-11-25(3)19-29(33)7)38(34-16-12-26(4)20-30(34)8)22-36(35)32-14-10-24(2)18-28(32)6/h9-22H,1-8H3. The minimum absolute atomic E-state index is 1.29. The van der Waals surface area contributed by atoms with E-state index in [1.807, 2.05) is 0 Å². The number of hydrogen-bond acceptors (Lipinski definition) is 0. The first-order valence-corrected chi connectivity index (χ1v) is 13.6. The molecule has 0 aliphatic heterocycles. The second-order valence-electron chi connectivity index (χ2n) is 11.2. The maximum absolute atomic E-state index is 2.46. The molecule has 38 heavy (non-hydrogen) atoms. The van der Waals surface area contributed by atoms with Gasteiger partial charge in [-0.1, -0.05) is 95.1 Å². The molecule has 0 aliphatic carbocycles. The van der Waals surface area contributed by atoms with Crippen molar-refractivity contribution in [1.82, 2.24) is 0 Å². The van der Waals surface area contributed by atoms with Crippen LogP contribution in [-0.2, 0) is 0 Å². The van der Waals surface area contributed by atoms with E-state index >= 15 is 0 Å². The Morgan fingerprint density at radius 3 is 0.632 bits per heavy atom. The Labute approximate surface area is 229 Å². The molecule has 0 nitrogen and oxygen atoms in total. The van der Waals surface area contributed by atoms with Crippen LogP contribution < -0.4 is 0 Å². The molecule has 0 radical (unpaired) electrons. The van der Waals surface area contributed by atoms with Crippen LogP contribution in [0.1, 0.15) is 44.5 Å². The Bertz CT molecular complexity index is 1430. The summed E-state index contributed by atoms with van der Waals surface area (Å²) in [5.74, 6) is 0. The number of rotatable bonds is 4. The molecule has 0 amide bonds. The largest absolute Gasteiger partial charge is 0.0587 e. The van der Waals surface area contributed by atoms with E-state index in [-0.39, 0.29) is 0 Å². The zero-order chi connectivity index (χ0) is 27.1. The van der Waals surface area contributed by atoms with Gasteiger partial charge in [0, 0.05) is 0 Å². The van der Waals surface area contributed by atoms with E-state index < -0.39 is 0 Å². The summed E-state index contributed by atoms with van der Waals surface area (Å²) in [4.78, 5) is 0. The van der Waals surface area contributed by atoms with Gasteiger partial charge in [0.25, 0.3) is 0 Å². The van der Waals surface area contributed by atoms with Crippen LogP contribution in [0.3, 0.4) is 0 Å². The van der Waals surface area contributed by atoms with Gasteiger partial charge in [0.1, 0.15) is 0 Å². The lowest BCUT2D eigenvalue weighted by atomic mass is 9.82. The van der Waals surface area contributed by atoms with Crippen molar-refractivity contribution in [1.29, 1.82) is 0 Å². The van der Waals surface area contributed by atoms with Gasteiger partial charge in [-0.15, -0.1) is 0 Å². The van der Waals surface area contributed by atoms with Crippen molar-refractivity contribution in [2.75, 3.05) is 0 Å². The first kappa shape index (κ1) is 25.7. The zero-order valence-corrected chi connectivity index (χ0v) is 24.1. The van der Waals surface area contributed by atoms with E-state index in [0.717, 1.165) is 0 Å². The molecule has 0 heterocycles. The van der Waals surface area contributed by atoms with E-state index in [2.05, 4.69) is 140 Å². The lowest BCUT2D eigenvalue weighted by molar-refractivity contribution is 1.35. The van der Waals surface area contributed by atoms with Gasteiger partial charge in [0.2, 0.25) is 0 Å². The van der Waals surface area contributed by atoms with Crippen LogP contribution in [0.2, 0.25) is 0 Å². The Balaban J connectivity index is 1.93. The van der Waals surface area contributed by atoms with E-state index in [0.29, 0.717) is 0 Å². The molecule has 0 atom stereocenters. The molecule has 0 saturated heterocycles. The van der Waals surface area contributed by atoms with Crippen LogP contribution in [0, 0.1) is 55.4 Å². The summed E-state index contributed by atoms with van der Waals surface area (Å²) < 4.78 is 0. The fourth-order valence-electron chi connectivity index (χ4n) is 5.95. The van der Waals surface area contributed by atoms with Crippen molar-refractivity contribution in [3.05, 3.63) is 129 Å². The van der Waals surface area contributed by atoms with Crippen LogP contribution in [0.4, 0.5) is 0 Å². The molecule has 0 fully saturated rings. The van der Waals surface area contributed by atoms with E-state index in [1.165, 1.54) is 89.0 Å². The average Bonchev–Trinajstić information content (AvgIpc) is 2.84. The predicted octanol–water partition coefficient (Wildman–Crippen LogP) is 10.8. The highest BCUT2D eigenvalue weighted by Crippen LogP contribution is 2.45. The Morgan fingerprint density at radius 1 is 0.237 bits per heavy atom. The van der Waals surface area contributed by atoms with E-state index in [1.54, 1.807) is 0 Å². The van der Waals surface area contributed by atoms with E-state index in [9.17, 15) is 0 Å². The van der Waals surface area contributed by atoms with Crippen LogP contribution in [0.25, 0.3) is 44.5 Å². The maximum Gasteiger partial charge on any atom is -0.00960 e. The van der Waals surface area contributed by atoms with Crippen molar-refractivity contribution in [3.63, 3.8) is 0 Å². The van der Waals surface area contributed by atoms with Gasteiger partial charge in [-0.05, 0) is 134 Å². The van der Waals surface area contributed by atoms with Gasteiger partial charge in [-0.2, -0.15) is 0 Å². The molecule has 5 aromatic rings. The second kappa shape index (κ2) is 10.1. The lowest BCUT2D eigenvalue weighted by Gasteiger charge is -2.22. The van der Waals surface area contributed by atoms with Crippen LogP contribution in [-0.4, -0.2) is 0 Å². The third kappa shape index (κ3) is 4.84. The number of hydrogen-bond donors (Lipinski definition) is 0. The average molecular weight is 495 g/mol. The Kier molecular flexibility index (Phi) is 6.84. The summed E-state index contributed by atoms with van der Waals surface area (Å²) in [7, 11) is 0. The van der Waals surface area contributed by atoms with Crippen molar-refractivity contribution in [2.45, 2.75) is 55.4 Å². The summed E-state index contributed by atoms with van der Waals surface area (Å²) >= 11 is 0. The van der Waals surface area contributed by atoms with Gasteiger partial charge in [-0.25, -0.2) is 0 Å². The Hall–Kier alpha value is -3.90. The molecule has 0 N–H and O–H groups in total. The highest BCUT2D eigenvalue weighted by atomic mass is 14.2. The molecule has 0 spiro atoms. The number of benzene rings is 5. The van der Waals surface area contributed by atoms with Gasteiger partial charge >= 0.3 is 0 Å². The van der Waals surface area contributed by atoms with Crippen molar-refractivity contribution in [2.24, 2.45) is 0 Å². The molecule has 5 aromatic carbocycles. The predicted molar refractivity (Wildman–Crippen MR) is 166 cm³/mol. The zero-order valence-electron chi connectivity index (χ0n) is 24.1. The molecule has 0 saturated carbocycles. The normalized spacial score (nSPS) is 11.2. The molecule has 5 rings (SSSR count).